The van der Waals surface area contributed by atoms with Crippen molar-refractivity contribution in [3.05, 3.63) is 59.7 Å². The van der Waals surface area contributed by atoms with Crippen LogP contribution >= 0.6 is 0 Å². The first kappa shape index (κ1) is 19.2. The first-order valence-electron chi connectivity index (χ1n) is 9.80. The van der Waals surface area contributed by atoms with Crippen molar-refractivity contribution in [1.29, 1.82) is 0 Å². The van der Waals surface area contributed by atoms with Gasteiger partial charge in [-0.15, -0.1) is 0 Å². The number of benzene rings is 2. The summed E-state index contributed by atoms with van der Waals surface area (Å²) in [5, 5.41) is 0. The van der Waals surface area contributed by atoms with Crippen LogP contribution in [0, 0.1) is 0 Å². The fourth-order valence-electron chi connectivity index (χ4n) is 4.53. The number of sulfonamides is 1. The van der Waals surface area contributed by atoms with Crippen molar-refractivity contribution in [3.8, 4) is 0 Å². The molecule has 1 heterocycles. The summed E-state index contributed by atoms with van der Waals surface area (Å²) < 4.78 is 28.8. The summed E-state index contributed by atoms with van der Waals surface area (Å²) in [4.78, 5) is 13.9. The smallest absolute Gasteiger partial charge is 0.240 e. The lowest BCUT2D eigenvalue weighted by molar-refractivity contribution is -0.116. The molecule has 1 atom stereocenters. The summed E-state index contributed by atoms with van der Waals surface area (Å²) in [5.41, 5.74) is 2.82. The van der Waals surface area contributed by atoms with Gasteiger partial charge in [0.05, 0.1) is 4.90 Å². The van der Waals surface area contributed by atoms with E-state index in [2.05, 4.69) is 16.9 Å². The minimum absolute atomic E-state index is 0.0187. The Balaban J connectivity index is 1.55. The van der Waals surface area contributed by atoms with Crippen LogP contribution in [-0.4, -0.2) is 26.9 Å². The molecule has 1 fully saturated rings. The van der Waals surface area contributed by atoms with Gasteiger partial charge in [-0.2, -0.15) is 0 Å². The predicted octanol–water partition coefficient (Wildman–Crippen LogP) is 3.38. The molecule has 0 radical (unpaired) electrons. The van der Waals surface area contributed by atoms with Crippen molar-refractivity contribution < 1.29 is 13.2 Å². The van der Waals surface area contributed by atoms with Crippen LogP contribution in [-0.2, 0) is 26.7 Å². The molecule has 1 N–H and O–H groups in total. The zero-order chi connectivity index (χ0) is 19.9. The zero-order valence-corrected chi connectivity index (χ0v) is 17.1. The van der Waals surface area contributed by atoms with Gasteiger partial charge in [-0.3, -0.25) is 4.79 Å². The minimum Gasteiger partial charge on any atom is -0.309 e. The van der Waals surface area contributed by atoms with E-state index >= 15 is 0 Å². The molecule has 1 aliphatic carbocycles. The molecule has 28 heavy (non-hydrogen) atoms. The molecule has 2 aliphatic rings. The first-order valence-corrected chi connectivity index (χ1v) is 11.3. The van der Waals surface area contributed by atoms with E-state index in [1.54, 1.807) is 30.0 Å². The van der Waals surface area contributed by atoms with Crippen molar-refractivity contribution in [3.63, 3.8) is 0 Å². The van der Waals surface area contributed by atoms with E-state index in [9.17, 15) is 13.2 Å². The number of hydrogen-bond acceptors (Lipinski definition) is 3. The number of rotatable bonds is 5. The third kappa shape index (κ3) is 3.25. The average molecular weight is 399 g/mol. The predicted molar refractivity (Wildman–Crippen MR) is 110 cm³/mol. The van der Waals surface area contributed by atoms with Crippen molar-refractivity contribution in [2.24, 2.45) is 0 Å². The van der Waals surface area contributed by atoms with Crippen molar-refractivity contribution in [2.75, 3.05) is 11.4 Å². The number of carbonyl (C=O) groups is 1. The van der Waals surface area contributed by atoms with Gasteiger partial charge in [-0.1, -0.05) is 36.8 Å². The van der Waals surface area contributed by atoms with Gasteiger partial charge >= 0.3 is 0 Å². The third-order valence-electron chi connectivity index (χ3n) is 6.21. The molecule has 5 nitrogen and oxygen atoms in total. The maximum atomic E-state index is 13.0. The molecule has 1 saturated carbocycles. The van der Waals surface area contributed by atoms with E-state index in [0.717, 1.165) is 30.5 Å². The molecule has 0 bridgehead atoms. The second-order valence-electron chi connectivity index (χ2n) is 8.06. The quantitative estimate of drug-likeness (QED) is 0.840. The molecule has 1 amide bonds. The molecule has 0 saturated heterocycles. The Labute approximate surface area is 166 Å². The summed E-state index contributed by atoms with van der Waals surface area (Å²) in [6.45, 7) is 3.93. The van der Waals surface area contributed by atoms with Gasteiger partial charge in [0.2, 0.25) is 15.9 Å². The van der Waals surface area contributed by atoms with Crippen LogP contribution in [0.1, 0.15) is 44.2 Å². The van der Waals surface area contributed by atoms with Gasteiger partial charge in [0, 0.05) is 30.6 Å². The average Bonchev–Trinajstić information content (AvgIpc) is 2.96. The highest BCUT2D eigenvalue weighted by Crippen LogP contribution is 2.43. The molecule has 0 aromatic heterocycles. The van der Waals surface area contributed by atoms with E-state index in [-0.39, 0.29) is 22.3 Å². The number of nitrogens with one attached hydrogen (secondary N) is 1. The largest absolute Gasteiger partial charge is 0.309 e. The molecule has 6 heteroatoms. The van der Waals surface area contributed by atoms with Crippen LogP contribution in [0.15, 0.2) is 53.4 Å². The van der Waals surface area contributed by atoms with E-state index in [1.165, 1.54) is 5.56 Å². The Hall–Kier alpha value is -2.18. The van der Waals surface area contributed by atoms with E-state index in [4.69, 9.17) is 0 Å². The molecule has 0 spiro atoms. The highest BCUT2D eigenvalue weighted by molar-refractivity contribution is 7.89. The normalized spacial score (nSPS) is 20.5. The first-order chi connectivity index (χ1) is 13.3. The van der Waals surface area contributed by atoms with E-state index in [0.29, 0.717) is 13.0 Å². The van der Waals surface area contributed by atoms with Gasteiger partial charge in [-0.05, 0) is 55.5 Å². The Morgan fingerprint density at radius 1 is 1.18 bits per heavy atom. The summed E-state index contributed by atoms with van der Waals surface area (Å²) in [7, 11) is -3.61. The highest BCUT2D eigenvalue weighted by Gasteiger charge is 2.39. The molecular formula is C22H26N2O3S. The molecule has 2 aromatic rings. The number of nitrogens with zero attached hydrogens (tertiary/aromatic N) is 1. The third-order valence-corrected chi connectivity index (χ3v) is 7.61. The maximum absolute atomic E-state index is 13.0. The lowest BCUT2D eigenvalue weighted by atomic mass is 9.64. The molecule has 148 valence electrons. The van der Waals surface area contributed by atoms with Gasteiger partial charge in [-0.25, -0.2) is 13.1 Å². The van der Waals surface area contributed by atoms with Gasteiger partial charge < -0.3 is 4.90 Å². The van der Waals surface area contributed by atoms with Crippen molar-refractivity contribution in [2.45, 2.75) is 55.9 Å². The Morgan fingerprint density at radius 3 is 2.50 bits per heavy atom. The summed E-state index contributed by atoms with van der Waals surface area (Å²) in [5.74, 6) is -0.0187. The van der Waals surface area contributed by atoms with Gasteiger partial charge in [0.25, 0.3) is 0 Å². The fourth-order valence-corrected chi connectivity index (χ4v) is 5.71. The lowest BCUT2D eigenvalue weighted by Gasteiger charge is -2.42. The van der Waals surface area contributed by atoms with Crippen molar-refractivity contribution in [1.82, 2.24) is 4.72 Å². The van der Waals surface area contributed by atoms with Crippen LogP contribution in [0.25, 0.3) is 0 Å². The topological polar surface area (TPSA) is 66.5 Å². The number of fused-ring (bicyclic) bond motifs is 1. The number of anilines is 1. The van der Waals surface area contributed by atoms with Crippen molar-refractivity contribution >= 4 is 21.6 Å². The van der Waals surface area contributed by atoms with Gasteiger partial charge in [0.15, 0.2) is 0 Å². The number of hydrogen-bond donors (Lipinski definition) is 1. The summed E-state index contributed by atoms with van der Waals surface area (Å²) >= 11 is 0. The highest BCUT2D eigenvalue weighted by atomic mass is 32.2. The maximum Gasteiger partial charge on any atom is 0.240 e. The van der Waals surface area contributed by atoms with E-state index in [1.807, 2.05) is 25.1 Å². The van der Waals surface area contributed by atoms with Crippen LogP contribution in [0.4, 0.5) is 5.69 Å². The second-order valence-corrected chi connectivity index (χ2v) is 9.82. The SMILES string of the molecule is CC(=O)N1c2ccc(S(=O)(=O)NCC3(c4ccccc4)CCC3)cc2CC1C. The molecule has 4 rings (SSSR count). The standard InChI is InChI=1S/C22H26N2O3S/c1-16-13-18-14-20(9-10-21(18)24(16)17(2)25)28(26,27)23-15-22(11-6-12-22)19-7-4-3-5-8-19/h3-5,7-10,14,16,23H,6,11-13,15H2,1-2H3. The Kier molecular flexibility index (Phi) is 4.79. The van der Waals surface area contributed by atoms with Crippen LogP contribution in [0.5, 0.6) is 0 Å². The summed E-state index contributed by atoms with van der Waals surface area (Å²) in [6, 6.07) is 15.3. The minimum atomic E-state index is -3.61. The Bertz CT molecular complexity index is 998. The van der Waals surface area contributed by atoms with Crippen LogP contribution in [0.3, 0.4) is 0 Å². The molecular weight excluding hydrogens is 372 g/mol. The number of carbonyl (C=O) groups excluding carboxylic acids is 1. The lowest BCUT2D eigenvalue weighted by Crippen LogP contribution is -2.45. The van der Waals surface area contributed by atoms with Crippen LogP contribution in [0.2, 0.25) is 0 Å². The van der Waals surface area contributed by atoms with E-state index < -0.39 is 10.0 Å². The zero-order valence-electron chi connectivity index (χ0n) is 16.3. The van der Waals surface area contributed by atoms with Gasteiger partial charge in [0.1, 0.15) is 0 Å². The molecule has 1 aliphatic heterocycles. The molecule has 2 aromatic carbocycles. The molecule has 1 unspecified atom stereocenters. The van der Waals surface area contributed by atoms with Crippen LogP contribution < -0.4 is 9.62 Å². The Morgan fingerprint density at radius 2 is 1.89 bits per heavy atom. The monoisotopic (exact) mass is 398 g/mol. The fraction of sp³-hybridized carbons (Fsp3) is 0.409. The second kappa shape index (κ2) is 7.01. The summed E-state index contributed by atoms with van der Waals surface area (Å²) in [6.07, 6.45) is 3.78. The number of amides is 1.